The van der Waals surface area contributed by atoms with Gasteiger partial charge in [-0.3, -0.25) is 4.79 Å². The van der Waals surface area contributed by atoms with Gasteiger partial charge in [-0.05, 0) is 18.2 Å². The van der Waals surface area contributed by atoms with Crippen LogP contribution in [0.5, 0.6) is 0 Å². The fourth-order valence-electron chi connectivity index (χ4n) is 1.61. The molecule has 0 saturated heterocycles. The van der Waals surface area contributed by atoms with E-state index in [-0.39, 0.29) is 11.6 Å². The Kier molecular flexibility index (Phi) is 3.01. The van der Waals surface area contributed by atoms with Crippen molar-refractivity contribution in [3.8, 4) is 0 Å². The highest BCUT2D eigenvalue weighted by molar-refractivity contribution is 7.99. The van der Waals surface area contributed by atoms with Gasteiger partial charge < -0.3 is 4.90 Å². The molecule has 0 amide bonds. The van der Waals surface area contributed by atoms with Crippen LogP contribution in [0, 0.1) is 5.82 Å². The molecule has 16 heavy (non-hydrogen) atoms. The van der Waals surface area contributed by atoms with Gasteiger partial charge >= 0.3 is 0 Å². The number of rotatable bonds is 1. The van der Waals surface area contributed by atoms with Crippen LogP contribution in [-0.4, -0.2) is 30.5 Å². The van der Waals surface area contributed by atoms with Crippen LogP contribution in [0.4, 0.5) is 4.39 Å². The normalized spacial score (nSPS) is 17.4. The maximum atomic E-state index is 13.1. The lowest BCUT2D eigenvalue weighted by molar-refractivity contribution is 0.102. The molecular formula is C12H12FNOS. The predicted octanol–water partition coefficient (Wildman–Crippen LogP) is 2.56. The Balaban J connectivity index is 2.42. The third-order valence-corrected chi connectivity index (χ3v) is 3.40. The first-order valence-electron chi connectivity index (χ1n) is 4.92. The molecule has 0 saturated carbocycles. The first-order chi connectivity index (χ1) is 7.58. The van der Waals surface area contributed by atoms with Crippen LogP contribution in [0.3, 0.4) is 0 Å². The number of ketones is 1. The highest BCUT2D eigenvalue weighted by Crippen LogP contribution is 2.32. The lowest BCUT2D eigenvalue weighted by Crippen LogP contribution is -2.16. The Morgan fingerprint density at radius 3 is 2.88 bits per heavy atom. The number of hydrogen-bond acceptors (Lipinski definition) is 3. The van der Waals surface area contributed by atoms with E-state index < -0.39 is 0 Å². The van der Waals surface area contributed by atoms with Gasteiger partial charge in [0.05, 0.1) is 0 Å². The Labute approximate surface area is 98.1 Å². The molecule has 1 heterocycles. The topological polar surface area (TPSA) is 20.3 Å². The molecule has 0 fully saturated rings. The van der Waals surface area contributed by atoms with E-state index in [1.807, 2.05) is 19.0 Å². The second-order valence-corrected chi connectivity index (χ2v) is 4.89. The summed E-state index contributed by atoms with van der Waals surface area (Å²) in [5.41, 5.74) is 1.19. The summed E-state index contributed by atoms with van der Waals surface area (Å²) < 4.78 is 13.1. The number of benzene rings is 1. The van der Waals surface area contributed by atoms with E-state index >= 15 is 0 Å². The maximum absolute atomic E-state index is 13.1. The summed E-state index contributed by atoms with van der Waals surface area (Å²) in [6.45, 7) is 0. The molecule has 0 aromatic heterocycles. The van der Waals surface area contributed by atoms with Gasteiger partial charge in [-0.2, -0.15) is 0 Å². The van der Waals surface area contributed by atoms with Crippen LogP contribution in [0.2, 0.25) is 0 Å². The van der Waals surface area contributed by atoms with Gasteiger partial charge in [0.1, 0.15) is 5.82 Å². The van der Waals surface area contributed by atoms with Crippen LogP contribution >= 0.6 is 11.8 Å². The first kappa shape index (κ1) is 11.2. The second kappa shape index (κ2) is 4.29. The third-order valence-electron chi connectivity index (χ3n) is 2.28. The molecule has 0 aliphatic carbocycles. The van der Waals surface area contributed by atoms with E-state index in [4.69, 9.17) is 0 Å². The van der Waals surface area contributed by atoms with Crippen molar-refractivity contribution < 1.29 is 9.18 Å². The monoisotopic (exact) mass is 237 g/mol. The van der Waals surface area contributed by atoms with Gasteiger partial charge in [-0.15, -0.1) is 11.8 Å². The van der Waals surface area contributed by atoms with Gasteiger partial charge in [-0.1, -0.05) is 0 Å². The van der Waals surface area contributed by atoms with Crippen molar-refractivity contribution in [2.45, 2.75) is 4.90 Å². The number of nitrogens with zero attached hydrogens (tertiary/aromatic N) is 1. The molecule has 0 unspecified atom stereocenters. The Hall–Kier alpha value is -1.29. The van der Waals surface area contributed by atoms with Crippen molar-refractivity contribution in [2.75, 3.05) is 19.8 Å². The molecule has 4 heteroatoms. The van der Waals surface area contributed by atoms with Gasteiger partial charge in [0.15, 0.2) is 5.78 Å². The lowest BCUT2D eigenvalue weighted by Gasteiger charge is -2.18. The number of halogens is 1. The zero-order chi connectivity index (χ0) is 11.7. The van der Waals surface area contributed by atoms with Crippen molar-refractivity contribution in [3.05, 3.63) is 41.4 Å². The van der Waals surface area contributed by atoms with Crippen molar-refractivity contribution in [1.29, 1.82) is 0 Å². The van der Waals surface area contributed by atoms with Crippen LogP contribution in [-0.2, 0) is 0 Å². The fourth-order valence-corrected chi connectivity index (χ4v) is 2.60. The summed E-state index contributed by atoms with van der Waals surface area (Å²) in [4.78, 5) is 14.7. The summed E-state index contributed by atoms with van der Waals surface area (Å²) >= 11 is 1.57. The summed E-state index contributed by atoms with van der Waals surface area (Å²) in [7, 11) is 3.73. The fraction of sp³-hybridized carbons (Fsp3) is 0.250. The summed E-state index contributed by atoms with van der Waals surface area (Å²) in [5.74, 6) is 0.219. The van der Waals surface area contributed by atoms with Gasteiger partial charge in [0, 0.05) is 42.1 Å². The minimum absolute atomic E-state index is 0.0676. The van der Waals surface area contributed by atoms with Gasteiger partial charge in [-0.25, -0.2) is 4.39 Å². The number of hydrogen-bond donors (Lipinski definition) is 0. The van der Waals surface area contributed by atoms with Crippen LogP contribution in [0.25, 0.3) is 0 Å². The number of Topliss-reactive ketones (excluding diaryl/α,β-unsaturated/α-hetero) is 1. The molecular weight excluding hydrogens is 225 g/mol. The average molecular weight is 237 g/mol. The smallest absolute Gasteiger partial charge is 0.192 e. The molecule has 2 nitrogen and oxygen atoms in total. The quantitative estimate of drug-likeness (QED) is 0.700. The average Bonchev–Trinajstić information content (AvgIpc) is 2.22. The summed E-state index contributed by atoms with van der Waals surface area (Å²) in [5, 5.41) is 0. The Bertz CT molecular complexity index is 468. The molecule has 1 aliphatic heterocycles. The van der Waals surface area contributed by atoms with E-state index in [2.05, 4.69) is 0 Å². The number of fused-ring (bicyclic) bond motifs is 1. The molecule has 0 N–H and O–H groups in total. The van der Waals surface area contributed by atoms with Crippen LogP contribution < -0.4 is 0 Å². The van der Waals surface area contributed by atoms with Crippen molar-refractivity contribution >= 4 is 17.5 Å². The van der Waals surface area contributed by atoms with Crippen molar-refractivity contribution in [1.82, 2.24) is 4.90 Å². The van der Waals surface area contributed by atoms with Crippen molar-refractivity contribution in [2.24, 2.45) is 0 Å². The predicted molar refractivity (Wildman–Crippen MR) is 63.2 cm³/mol. The largest absolute Gasteiger partial charge is 0.383 e. The third kappa shape index (κ3) is 2.11. The minimum atomic E-state index is -0.362. The molecule has 0 bridgehead atoms. The van der Waals surface area contributed by atoms with Crippen molar-refractivity contribution in [3.63, 3.8) is 0 Å². The SMILES string of the molecule is CN(C)/C=C1\CSc2ccc(F)cc2C1=O. The molecule has 1 aliphatic rings. The first-order valence-corrected chi connectivity index (χ1v) is 5.90. The summed E-state index contributed by atoms with van der Waals surface area (Å²) in [6, 6.07) is 4.37. The standard InChI is InChI=1S/C12H12FNOS/c1-14(2)6-8-7-16-11-4-3-9(13)5-10(11)12(8)15/h3-6H,7H2,1-2H3/b8-6+. The van der Waals surface area contributed by atoms with Gasteiger partial charge in [0.2, 0.25) is 0 Å². The number of carbonyl (C=O) groups excluding carboxylic acids is 1. The molecule has 84 valence electrons. The number of thioether (sulfide) groups is 1. The second-order valence-electron chi connectivity index (χ2n) is 3.88. The molecule has 0 atom stereocenters. The molecule has 2 rings (SSSR count). The maximum Gasteiger partial charge on any atom is 0.192 e. The molecule has 0 radical (unpaired) electrons. The van der Waals surface area contributed by atoms with Crippen LogP contribution in [0.1, 0.15) is 10.4 Å². The van der Waals surface area contributed by atoms with Crippen LogP contribution in [0.15, 0.2) is 34.9 Å². The van der Waals surface area contributed by atoms with Gasteiger partial charge in [0.25, 0.3) is 0 Å². The zero-order valence-corrected chi connectivity index (χ0v) is 9.97. The Morgan fingerprint density at radius 2 is 2.19 bits per heavy atom. The molecule has 1 aromatic carbocycles. The highest BCUT2D eigenvalue weighted by Gasteiger charge is 2.22. The van der Waals surface area contributed by atoms with E-state index in [0.29, 0.717) is 16.9 Å². The van der Waals surface area contributed by atoms with E-state index in [1.165, 1.54) is 12.1 Å². The molecule has 0 spiro atoms. The number of carbonyl (C=O) groups is 1. The van der Waals surface area contributed by atoms with E-state index in [9.17, 15) is 9.18 Å². The lowest BCUT2D eigenvalue weighted by atomic mass is 10.0. The molecule has 1 aromatic rings. The zero-order valence-electron chi connectivity index (χ0n) is 9.16. The Morgan fingerprint density at radius 1 is 1.44 bits per heavy atom. The summed E-state index contributed by atoms with van der Waals surface area (Å²) in [6.07, 6.45) is 1.79. The van der Waals surface area contributed by atoms with E-state index in [1.54, 1.807) is 24.0 Å². The highest BCUT2D eigenvalue weighted by atomic mass is 32.2. The van der Waals surface area contributed by atoms with E-state index in [0.717, 1.165) is 4.90 Å². The minimum Gasteiger partial charge on any atom is -0.383 e.